The molecule has 11 nitrogen and oxygen atoms in total. The Morgan fingerprint density at radius 3 is 1.34 bits per heavy atom. The molecule has 1 amide bonds. The van der Waals surface area contributed by atoms with Crippen molar-refractivity contribution >= 4 is 11.9 Å². The largest absolute Gasteiger partial charge is 0.454 e. The zero-order valence-corrected chi connectivity index (χ0v) is 51.2. The van der Waals surface area contributed by atoms with Crippen molar-refractivity contribution < 1.29 is 49.3 Å². The van der Waals surface area contributed by atoms with Crippen molar-refractivity contribution in [1.29, 1.82) is 0 Å². The van der Waals surface area contributed by atoms with E-state index in [4.69, 9.17) is 14.2 Å². The van der Waals surface area contributed by atoms with Crippen LogP contribution in [0.3, 0.4) is 0 Å². The van der Waals surface area contributed by atoms with E-state index in [-0.39, 0.29) is 19.4 Å². The average molecular weight is 1120 g/mol. The van der Waals surface area contributed by atoms with E-state index in [1.165, 1.54) is 186 Å². The lowest BCUT2D eigenvalue weighted by Crippen LogP contribution is -2.61. The molecule has 0 aromatic heterocycles. The van der Waals surface area contributed by atoms with Crippen LogP contribution in [0.4, 0.5) is 0 Å². The van der Waals surface area contributed by atoms with Gasteiger partial charge in [-0.1, -0.05) is 268 Å². The van der Waals surface area contributed by atoms with Crippen LogP contribution in [0, 0.1) is 0 Å². The third-order valence-electron chi connectivity index (χ3n) is 15.7. The molecule has 1 saturated heterocycles. The Morgan fingerprint density at radius 2 is 0.873 bits per heavy atom. The molecule has 462 valence electrons. The van der Waals surface area contributed by atoms with E-state index >= 15 is 0 Å². The summed E-state index contributed by atoms with van der Waals surface area (Å²) in [5, 5.41) is 57.0. The van der Waals surface area contributed by atoms with Crippen LogP contribution in [-0.2, 0) is 23.8 Å². The van der Waals surface area contributed by atoms with Crippen LogP contribution in [0.2, 0.25) is 0 Å². The summed E-state index contributed by atoms with van der Waals surface area (Å²) in [5.74, 6) is -1.19. The van der Waals surface area contributed by atoms with Gasteiger partial charge in [0.2, 0.25) is 5.91 Å². The topological polar surface area (TPSA) is 175 Å². The predicted molar refractivity (Wildman–Crippen MR) is 329 cm³/mol. The van der Waals surface area contributed by atoms with E-state index in [1.54, 1.807) is 6.08 Å². The van der Waals surface area contributed by atoms with Crippen molar-refractivity contribution in [2.24, 2.45) is 0 Å². The van der Waals surface area contributed by atoms with Crippen molar-refractivity contribution in [2.45, 2.75) is 359 Å². The van der Waals surface area contributed by atoms with Crippen molar-refractivity contribution in [1.82, 2.24) is 5.32 Å². The van der Waals surface area contributed by atoms with Crippen LogP contribution < -0.4 is 5.32 Å². The Balaban J connectivity index is 2.55. The molecule has 1 aliphatic rings. The molecule has 0 bridgehead atoms. The SMILES string of the molecule is CCCCC/C=C\C/C=C\CCCCCCCCCCCCCCCCCC(=O)OC1C(OCC(NC(=O)C(O)CCCCCCCC/C=C\CCCCCC)C(O)/C=C/CCCCCCCCCCC)OC(CO)C(O)C1O. The molecule has 11 heteroatoms. The Hall–Kier alpha value is -2.38. The number of ether oxygens (including phenoxy) is 3. The molecule has 0 spiro atoms. The second-order valence-corrected chi connectivity index (χ2v) is 23.2. The van der Waals surface area contributed by atoms with Crippen molar-refractivity contribution in [3.8, 4) is 0 Å². The highest BCUT2D eigenvalue weighted by atomic mass is 16.7. The van der Waals surface area contributed by atoms with Gasteiger partial charge in [-0.05, 0) is 83.5 Å². The van der Waals surface area contributed by atoms with Crippen molar-refractivity contribution in [3.63, 3.8) is 0 Å². The number of allylic oxidation sites excluding steroid dienone is 7. The molecular formula is C68H125NO10. The molecule has 0 aliphatic carbocycles. The minimum atomic E-state index is -1.61. The number of aliphatic hydroxyl groups excluding tert-OH is 5. The normalized spacial score (nSPS) is 19.1. The van der Waals surface area contributed by atoms with Crippen LogP contribution >= 0.6 is 0 Å². The average Bonchev–Trinajstić information content (AvgIpc) is 3.47. The van der Waals surface area contributed by atoms with Gasteiger partial charge in [-0.3, -0.25) is 9.59 Å². The fourth-order valence-corrected chi connectivity index (χ4v) is 10.4. The van der Waals surface area contributed by atoms with Gasteiger partial charge in [-0.15, -0.1) is 0 Å². The Bertz CT molecular complexity index is 1470. The maximum absolute atomic E-state index is 13.4. The predicted octanol–water partition coefficient (Wildman–Crippen LogP) is 16.4. The summed E-state index contributed by atoms with van der Waals surface area (Å²) in [4.78, 5) is 26.6. The van der Waals surface area contributed by atoms with E-state index in [2.05, 4.69) is 62.5 Å². The van der Waals surface area contributed by atoms with Gasteiger partial charge in [0.05, 0.1) is 25.4 Å². The molecule has 0 aromatic rings. The highest BCUT2D eigenvalue weighted by Crippen LogP contribution is 2.26. The van der Waals surface area contributed by atoms with Crippen LogP contribution in [0.1, 0.15) is 310 Å². The van der Waals surface area contributed by atoms with Gasteiger partial charge < -0.3 is 45.1 Å². The maximum Gasteiger partial charge on any atom is 0.306 e. The van der Waals surface area contributed by atoms with E-state index in [1.807, 2.05) is 6.08 Å². The lowest BCUT2D eigenvalue weighted by Gasteiger charge is -2.41. The number of unbranched alkanes of at least 4 members (excludes halogenated alkanes) is 37. The maximum atomic E-state index is 13.4. The molecule has 6 N–H and O–H groups in total. The molecule has 79 heavy (non-hydrogen) atoms. The summed E-state index contributed by atoms with van der Waals surface area (Å²) in [6, 6.07) is -1.02. The zero-order valence-electron chi connectivity index (χ0n) is 51.2. The lowest BCUT2D eigenvalue weighted by molar-refractivity contribution is -0.305. The summed E-state index contributed by atoms with van der Waals surface area (Å²) < 4.78 is 17.7. The molecule has 1 heterocycles. The fraction of sp³-hybridized carbons (Fsp3) is 0.853. The number of carbonyl (C=O) groups excluding carboxylic acids is 2. The molecule has 8 unspecified atom stereocenters. The summed E-state index contributed by atoms with van der Waals surface area (Å²) in [6.07, 6.45) is 58.7. The van der Waals surface area contributed by atoms with Crippen molar-refractivity contribution in [3.05, 3.63) is 48.6 Å². The van der Waals surface area contributed by atoms with E-state index in [9.17, 15) is 35.1 Å². The van der Waals surface area contributed by atoms with Crippen molar-refractivity contribution in [2.75, 3.05) is 13.2 Å². The third kappa shape index (κ3) is 43.9. The van der Waals surface area contributed by atoms with E-state index in [0.29, 0.717) is 12.8 Å². The Morgan fingerprint density at radius 1 is 0.494 bits per heavy atom. The summed E-state index contributed by atoms with van der Waals surface area (Å²) in [7, 11) is 0. The molecule has 0 saturated carbocycles. The second-order valence-electron chi connectivity index (χ2n) is 23.2. The smallest absolute Gasteiger partial charge is 0.306 e. The number of hydrogen-bond acceptors (Lipinski definition) is 10. The zero-order chi connectivity index (χ0) is 57.5. The standard InChI is InChI=1S/C68H125NO10/c1-4-7-10-13-16-19-22-24-26-27-28-29-30-31-32-33-34-35-36-38-41-44-47-50-53-56-63(73)79-66-65(75)64(74)62(57-70)78-68(66)77-58-59(60(71)54-51-48-45-42-39-21-18-15-12-9-6-3)69-67(76)61(72)55-52-49-46-43-40-37-25-23-20-17-14-11-8-5-2/h16,19-20,23-24,26,51,54,59-62,64-66,68,70-72,74-75H,4-15,17-18,21-22,25,27-50,52-53,55-58H2,1-3H3,(H,69,76)/b19-16-,23-20-,26-24-,54-51+. The van der Waals surface area contributed by atoms with Gasteiger partial charge in [-0.25, -0.2) is 0 Å². The number of hydrogen-bond donors (Lipinski definition) is 6. The van der Waals surface area contributed by atoms with Crippen LogP contribution in [0.15, 0.2) is 48.6 Å². The number of aliphatic hydroxyl groups is 5. The quantitative estimate of drug-likeness (QED) is 0.0195. The first-order chi connectivity index (χ1) is 38.7. The number of nitrogens with one attached hydrogen (secondary N) is 1. The fourth-order valence-electron chi connectivity index (χ4n) is 10.4. The summed E-state index contributed by atoms with van der Waals surface area (Å²) >= 11 is 0. The number of amides is 1. The van der Waals surface area contributed by atoms with Gasteiger partial charge in [0.1, 0.15) is 24.4 Å². The minimum Gasteiger partial charge on any atom is -0.454 e. The minimum absolute atomic E-state index is 0.125. The molecular weight excluding hydrogens is 991 g/mol. The monoisotopic (exact) mass is 1120 g/mol. The number of carbonyl (C=O) groups is 2. The van der Waals surface area contributed by atoms with Gasteiger partial charge in [0, 0.05) is 6.42 Å². The van der Waals surface area contributed by atoms with Crippen LogP contribution in [0.5, 0.6) is 0 Å². The Kier molecular flexibility index (Phi) is 53.0. The van der Waals surface area contributed by atoms with Gasteiger partial charge >= 0.3 is 5.97 Å². The molecule has 1 aliphatic heterocycles. The summed E-state index contributed by atoms with van der Waals surface area (Å²) in [5.41, 5.74) is 0. The molecule has 0 aromatic carbocycles. The number of rotatable bonds is 57. The van der Waals surface area contributed by atoms with Gasteiger partial charge in [0.15, 0.2) is 12.4 Å². The summed E-state index contributed by atoms with van der Waals surface area (Å²) in [6.45, 7) is 5.76. The number of esters is 1. The highest BCUT2D eigenvalue weighted by Gasteiger charge is 2.47. The van der Waals surface area contributed by atoms with Gasteiger partial charge in [0.25, 0.3) is 0 Å². The van der Waals surface area contributed by atoms with Crippen LogP contribution in [-0.4, -0.2) is 99.6 Å². The molecule has 0 radical (unpaired) electrons. The molecule has 1 fully saturated rings. The van der Waals surface area contributed by atoms with Crippen LogP contribution in [0.25, 0.3) is 0 Å². The highest BCUT2D eigenvalue weighted by molar-refractivity contribution is 5.80. The first kappa shape index (κ1) is 74.6. The second kappa shape index (κ2) is 56.1. The lowest BCUT2D eigenvalue weighted by atomic mass is 9.99. The Labute approximate surface area is 485 Å². The molecule has 8 atom stereocenters. The first-order valence-electron chi connectivity index (χ1n) is 33.4. The molecule has 1 rings (SSSR count). The van der Waals surface area contributed by atoms with Gasteiger partial charge in [-0.2, -0.15) is 0 Å². The first-order valence-corrected chi connectivity index (χ1v) is 33.4. The van der Waals surface area contributed by atoms with E-state index in [0.717, 1.165) is 77.0 Å². The van der Waals surface area contributed by atoms with E-state index < -0.39 is 67.4 Å². The third-order valence-corrected chi connectivity index (χ3v) is 15.7.